The second-order valence-corrected chi connectivity index (χ2v) is 8.18. The first kappa shape index (κ1) is 22.6. The van der Waals surface area contributed by atoms with Gasteiger partial charge in [0, 0.05) is 23.9 Å². The predicted octanol–water partition coefficient (Wildman–Crippen LogP) is 2.15. The Morgan fingerprint density at radius 3 is 2.79 bits per heavy atom. The Bertz CT molecular complexity index is 867. The van der Waals surface area contributed by atoms with Crippen LogP contribution in [0.1, 0.15) is 31.9 Å². The Kier molecular flexibility index (Phi) is 7.53. The second-order valence-electron chi connectivity index (χ2n) is 7.17. The lowest BCUT2D eigenvalue weighted by Gasteiger charge is -2.19. The highest BCUT2D eigenvalue weighted by atomic mass is 32.2. The fraction of sp³-hybridized carbons (Fsp3) is 0.450. The van der Waals surface area contributed by atoms with Crippen molar-refractivity contribution < 1.29 is 24.3 Å². The molecule has 9 heteroatoms. The Hall–Kier alpha value is -2.70. The van der Waals surface area contributed by atoms with Crippen LogP contribution in [0.2, 0.25) is 0 Å². The smallest absolute Gasteiger partial charge is 0.408 e. The molecule has 1 aromatic rings. The first-order valence-electron chi connectivity index (χ1n) is 8.92. The summed E-state index contributed by atoms with van der Waals surface area (Å²) in [6.45, 7) is 5.48. The third-order valence-corrected chi connectivity index (χ3v) is 4.78. The molecule has 1 aromatic carbocycles. The van der Waals surface area contributed by atoms with Crippen LogP contribution in [0.25, 0.3) is 0 Å². The number of rotatable bonds is 4. The zero-order valence-corrected chi connectivity index (χ0v) is 17.9. The third kappa shape index (κ3) is 6.69. The van der Waals surface area contributed by atoms with Crippen molar-refractivity contribution in [3.8, 4) is 17.6 Å². The van der Waals surface area contributed by atoms with Crippen molar-refractivity contribution >= 4 is 28.8 Å². The lowest BCUT2D eigenvalue weighted by atomic mass is 10.1. The molecule has 2 rings (SSSR count). The molecule has 1 aliphatic heterocycles. The van der Waals surface area contributed by atoms with Crippen LogP contribution in [0.3, 0.4) is 0 Å². The molecule has 0 saturated heterocycles. The minimum absolute atomic E-state index is 0.0573. The van der Waals surface area contributed by atoms with Gasteiger partial charge in [0.25, 0.3) is 5.91 Å². The first-order chi connectivity index (χ1) is 13.6. The standard InChI is InChI=1S/C20H25N3O5S/c1-20(2,3)28-19(26)21-10-6-7-13-8-9-16(24)14(11-13)17-22-15(12-29-17)18(25)23(4)27-5/h8-9,11,15,24H,10,12H2,1-5H3,(H,21,26). The van der Waals surface area contributed by atoms with Gasteiger partial charge in [-0.3, -0.25) is 14.6 Å². The van der Waals surface area contributed by atoms with E-state index in [1.807, 2.05) is 0 Å². The summed E-state index contributed by atoms with van der Waals surface area (Å²) in [6.07, 6.45) is -0.536. The molecule has 0 aromatic heterocycles. The number of likely N-dealkylation sites (N-methyl/N-ethyl adjacent to an activating group) is 1. The molecule has 1 atom stereocenters. The molecule has 0 spiro atoms. The van der Waals surface area contributed by atoms with Gasteiger partial charge >= 0.3 is 6.09 Å². The number of amides is 2. The summed E-state index contributed by atoms with van der Waals surface area (Å²) < 4.78 is 5.14. The monoisotopic (exact) mass is 419 g/mol. The molecule has 1 heterocycles. The molecule has 0 bridgehead atoms. The maximum absolute atomic E-state index is 12.2. The Balaban J connectivity index is 2.06. The van der Waals surface area contributed by atoms with E-state index in [1.165, 1.54) is 32.0 Å². The van der Waals surface area contributed by atoms with Gasteiger partial charge in [-0.25, -0.2) is 9.86 Å². The van der Waals surface area contributed by atoms with Crippen molar-refractivity contribution in [2.75, 3.05) is 26.5 Å². The largest absolute Gasteiger partial charge is 0.507 e. The highest BCUT2D eigenvalue weighted by Crippen LogP contribution is 2.30. The molecule has 0 radical (unpaired) electrons. The Morgan fingerprint density at radius 2 is 2.14 bits per heavy atom. The van der Waals surface area contributed by atoms with Crippen LogP contribution in [0.5, 0.6) is 5.75 Å². The Labute approximate surface area is 174 Å². The fourth-order valence-electron chi connectivity index (χ4n) is 2.31. The average Bonchev–Trinajstić information content (AvgIpc) is 3.13. The SMILES string of the molecule is CON(C)C(=O)C1CSC(c2cc(C#CCNC(=O)OC(C)(C)C)ccc2O)=N1. The number of thioether (sulfide) groups is 1. The molecule has 2 amide bonds. The van der Waals surface area contributed by atoms with Crippen LogP contribution in [0.4, 0.5) is 4.79 Å². The van der Waals surface area contributed by atoms with E-state index in [-0.39, 0.29) is 18.2 Å². The molecule has 0 aliphatic carbocycles. The van der Waals surface area contributed by atoms with E-state index < -0.39 is 17.7 Å². The van der Waals surface area contributed by atoms with Crippen LogP contribution >= 0.6 is 11.8 Å². The molecule has 8 nitrogen and oxygen atoms in total. The highest BCUT2D eigenvalue weighted by molar-refractivity contribution is 8.14. The van der Waals surface area contributed by atoms with E-state index in [9.17, 15) is 14.7 Å². The van der Waals surface area contributed by atoms with Gasteiger partial charge in [0.2, 0.25) is 0 Å². The number of carbonyl (C=O) groups excluding carboxylic acids is 2. The van der Waals surface area contributed by atoms with Crippen LogP contribution < -0.4 is 5.32 Å². The zero-order valence-electron chi connectivity index (χ0n) is 17.1. The van der Waals surface area contributed by atoms with Crippen LogP contribution in [-0.2, 0) is 14.4 Å². The summed E-state index contributed by atoms with van der Waals surface area (Å²) in [4.78, 5) is 33.1. The number of alkyl carbamates (subject to hydrolysis) is 1. The van der Waals surface area contributed by atoms with E-state index in [4.69, 9.17) is 9.57 Å². The van der Waals surface area contributed by atoms with E-state index >= 15 is 0 Å². The van der Waals surface area contributed by atoms with Gasteiger partial charge in [-0.1, -0.05) is 11.8 Å². The highest BCUT2D eigenvalue weighted by Gasteiger charge is 2.29. The first-order valence-corrected chi connectivity index (χ1v) is 9.90. The van der Waals surface area contributed by atoms with Gasteiger partial charge in [0.05, 0.1) is 13.7 Å². The molecule has 0 saturated carbocycles. The van der Waals surface area contributed by atoms with Gasteiger partial charge in [0.1, 0.15) is 22.4 Å². The minimum Gasteiger partial charge on any atom is -0.507 e. The lowest BCUT2D eigenvalue weighted by molar-refractivity contribution is -0.169. The number of nitrogens with one attached hydrogen (secondary N) is 1. The van der Waals surface area contributed by atoms with E-state index in [0.29, 0.717) is 21.9 Å². The van der Waals surface area contributed by atoms with Gasteiger partial charge in [-0.15, -0.1) is 11.8 Å². The number of phenolic OH excluding ortho intramolecular Hbond substituents is 1. The molecule has 29 heavy (non-hydrogen) atoms. The van der Waals surface area contributed by atoms with Gasteiger partial charge in [0.15, 0.2) is 0 Å². The van der Waals surface area contributed by atoms with Gasteiger partial charge in [-0.2, -0.15) is 0 Å². The molecule has 0 fully saturated rings. The maximum atomic E-state index is 12.2. The second kappa shape index (κ2) is 9.67. The van der Waals surface area contributed by atoms with Gasteiger partial charge < -0.3 is 15.2 Å². The van der Waals surface area contributed by atoms with Gasteiger partial charge in [-0.05, 0) is 39.0 Å². The van der Waals surface area contributed by atoms with Crippen molar-refractivity contribution in [2.24, 2.45) is 4.99 Å². The van der Waals surface area contributed by atoms with Crippen LogP contribution in [-0.4, -0.2) is 65.3 Å². The number of phenols is 1. The maximum Gasteiger partial charge on any atom is 0.408 e. The number of hydrogen-bond acceptors (Lipinski definition) is 7. The van der Waals surface area contributed by atoms with Crippen molar-refractivity contribution in [3.05, 3.63) is 29.3 Å². The molecule has 2 N–H and O–H groups in total. The number of nitrogens with zero attached hydrogens (tertiary/aromatic N) is 2. The summed E-state index contributed by atoms with van der Waals surface area (Å²) >= 11 is 1.39. The number of benzene rings is 1. The summed E-state index contributed by atoms with van der Waals surface area (Å²) in [5.74, 6) is 6.04. The quantitative estimate of drug-likeness (QED) is 0.573. The van der Waals surface area contributed by atoms with E-state index in [1.54, 1.807) is 32.9 Å². The number of hydroxylamine groups is 2. The topological polar surface area (TPSA) is 100 Å². The van der Waals surface area contributed by atoms with E-state index in [0.717, 1.165) is 5.06 Å². The number of hydrogen-bond donors (Lipinski definition) is 2. The molecule has 1 unspecified atom stereocenters. The van der Waals surface area contributed by atoms with Crippen LogP contribution in [0.15, 0.2) is 23.2 Å². The number of carbonyl (C=O) groups is 2. The van der Waals surface area contributed by atoms with Crippen molar-refractivity contribution in [1.29, 1.82) is 0 Å². The fourth-order valence-corrected chi connectivity index (χ4v) is 3.36. The number of ether oxygens (including phenoxy) is 1. The zero-order chi connectivity index (χ0) is 21.6. The minimum atomic E-state index is -0.569. The number of aromatic hydroxyl groups is 1. The van der Waals surface area contributed by atoms with Crippen molar-refractivity contribution in [3.63, 3.8) is 0 Å². The molecular formula is C20H25N3O5S. The average molecular weight is 420 g/mol. The normalized spacial score (nSPS) is 15.8. The molecule has 156 valence electrons. The molecular weight excluding hydrogens is 394 g/mol. The third-order valence-electron chi connectivity index (χ3n) is 3.70. The summed E-state index contributed by atoms with van der Waals surface area (Å²) in [5, 5.41) is 14.5. The summed E-state index contributed by atoms with van der Waals surface area (Å²) in [5.41, 5.74) is 0.591. The van der Waals surface area contributed by atoms with Crippen molar-refractivity contribution in [2.45, 2.75) is 32.4 Å². The summed E-state index contributed by atoms with van der Waals surface area (Å²) in [6, 6.07) is 4.34. The van der Waals surface area contributed by atoms with Crippen molar-refractivity contribution in [1.82, 2.24) is 10.4 Å². The number of aliphatic imine (C=N–C) groups is 1. The molecule has 1 aliphatic rings. The predicted molar refractivity (Wildman–Crippen MR) is 112 cm³/mol. The van der Waals surface area contributed by atoms with Crippen LogP contribution in [0, 0.1) is 11.8 Å². The Morgan fingerprint density at radius 1 is 1.41 bits per heavy atom. The lowest BCUT2D eigenvalue weighted by Crippen LogP contribution is -2.34. The summed E-state index contributed by atoms with van der Waals surface area (Å²) in [7, 11) is 2.94. The van der Waals surface area contributed by atoms with E-state index in [2.05, 4.69) is 22.2 Å².